The van der Waals surface area contributed by atoms with Crippen LogP contribution in [0.25, 0.3) is 0 Å². The van der Waals surface area contributed by atoms with Gasteiger partial charge >= 0.3 is 9.28 Å². The topological polar surface area (TPSA) is 36.1 Å². The SMILES string of the molecule is CCN[Si+](NCC)NCC. The Bertz CT molecular complexity index is 55.7. The van der Waals surface area contributed by atoms with Crippen molar-refractivity contribution in [3.8, 4) is 0 Å². The van der Waals surface area contributed by atoms with E-state index in [1.165, 1.54) is 0 Å². The summed E-state index contributed by atoms with van der Waals surface area (Å²) in [7, 11) is -0.647. The number of hydrogen-bond donors (Lipinski definition) is 3. The largest absolute Gasteiger partial charge is 0.594 e. The molecule has 0 aliphatic carbocycles. The highest BCUT2D eigenvalue weighted by atomic mass is 28.3. The van der Waals surface area contributed by atoms with E-state index in [0.29, 0.717) is 0 Å². The van der Waals surface area contributed by atoms with Gasteiger partial charge in [-0.15, -0.1) is 0 Å². The van der Waals surface area contributed by atoms with Gasteiger partial charge < -0.3 is 0 Å². The second kappa shape index (κ2) is 7.21. The molecule has 0 aromatic heterocycles. The van der Waals surface area contributed by atoms with Crippen LogP contribution in [0.2, 0.25) is 0 Å². The van der Waals surface area contributed by atoms with Crippen molar-refractivity contribution in [3.63, 3.8) is 0 Å². The third-order valence-corrected chi connectivity index (χ3v) is 3.18. The molecular weight excluding hydrogens is 142 g/mol. The molecule has 0 saturated carbocycles. The predicted octanol–water partition coefficient (Wildman–Crippen LogP) is -0.200. The molecule has 0 fully saturated rings. The summed E-state index contributed by atoms with van der Waals surface area (Å²) in [6.45, 7) is 9.48. The minimum atomic E-state index is -0.647. The standard InChI is InChI=1S/C6H18N3Si/c1-4-7-10(8-5-2)9-6-3/h7-9H,4-6H2,1-3H3/q+1. The van der Waals surface area contributed by atoms with Crippen LogP contribution in [0.4, 0.5) is 0 Å². The van der Waals surface area contributed by atoms with E-state index in [1.807, 2.05) is 0 Å². The van der Waals surface area contributed by atoms with E-state index in [-0.39, 0.29) is 0 Å². The first-order chi connectivity index (χ1) is 4.85. The molecule has 0 unspecified atom stereocenters. The Morgan fingerprint density at radius 3 is 1.30 bits per heavy atom. The summed E-state index contributed by atoms with van der Waals surface area (Å²) in [5, 5.41) is 0. The van der Waals surface area contributed by atoms with Gasteiger partial charge in [-0.3, -0.25) is 0 Å². The first-order valence-electron chi connectivity index (χ1n) is 3.93. The average molecular weight is 160 g/mol. The molecule has 0 spiro atoms. The molecule has 0 amide bonds. The molecule has 0 atom stereocenters. The minimum Gasteiger partial charge on any atom is -0.164 e. The highest BCUT2D eigenvalue weighted by Crippen LogP contribution is 1.64. The number of nitrogens with one attached hydrogen (secondary N) is 3. The lowest BCUT2D eigenvalue weighted by Gasteiger charge is -1.99. The lowest BCUT2D eigenvalue weighted by atomic mass is 10.8. The van der Waals surface area contributed by atoms with Gasteiger partial charge in [0.05, 0.1) is 0 Å². The Kier molecular flexibility index (Phi) is 7.28. The summed E-state index contributed by atoms with van der Waals surface area (Å²) < 4.78 is 0. The van der Waals surface area contributed by atoms with Crippen molar-refractivity contribution in [3.05, 3.63) is 0 Å². The van der Waals surface area contributed by atoms with Gasteiger partial charge in [0.15, 0.2) is 0 Å². The fourth-order valence-corrected chi connectivity index (χ4v) is 2.15. The fraction of sp³-hybridized carbons (Fsp3) is 1.00. The van der Waals surface area contributed by atoms with E-state index >= 15 is 0 Å². The van der Waals surface area contributed by atoms with Gasteiger partial charge in [-0.2, -0.15) is 14.9 Å². The molecule has 60 valence electrons. The van der Waals surface area contributed by atoms with Crippen molar-refractivity contribution >= 4 is 9.28 Å². The second-order valence-electron chi connectivity index (χ2n) is 1.97. The minimum absolute atomic E-state index is 0.647. The van der Waals surface area contributed by atoms with Crippen LogP contribution in [0.1, 0.15) is 20.8 Å². The van der Waals surface area contributed by atoms with Crippen LogP contribution < -0.4 is 14.9 Å². The van der Waals surface area contributed by atoms with Crippen molar-refractivity contribution in [2.24, 2.45) is 0 Å². The smallest absolute Gasteiger partial charge is 0.164 e. The van der Waals surface area contributed by atoms with Crippen molar-refractivity contribution in [1.29, 1.82) is 0 Å². The molecule has 0 radical (unpaired) electrons. The predicted molar refractivity (Wildman–Crippen MR) is 46.8 cm³/mol. The van der Waals surface area contributed by atoms with E-state index in [1.54, 1.807) is 0 Å². The summed E-state index contributed by atoms with van der Waals surface area (Å²) in [6, 6.07) is 0. The molecule has 0 aliphatic rings. The third kappa shape index (κ3) is 4.93. The molecule has 0 aliphatic heterocycles. The summed E-state index contributed by atoms with van der Waals surface area (Å²) in [6.07, 6.45) is 0. The average Bonchev–Trinajstić information content (AvgIpc) is 1.90. The van der Waals surface area contributed by atoms with E-state index in [2.05, 4.69) is 35.7 Å². The molecule has 0 aromatic rings. The molecule has 0 bridgehead atoms. The van der Waals surface area contributed by atoms with Gasteiger partial charge in [-0.05, 0) is 20.8 Å². The van der Waals surface area contributed by atoms with Crippen LogP contribution in [0.5, 0.6) is 0 Å². The highest BCUT2D eigenvalue weighted by molar-refractivity contribution is 6.50. The van der Waals surface area contributed by atoms with Gasteiger partial charge in [-0.25, -0.2) is 0 Å². The summed E-state index contributed by atoms with van der Waals surface area (Å²) in [4.78, 5) is 10.1. The molecule has 0 aromatic carbocycles. The third-order valence-electron chi connectivity index (χ3n) is 1.06. The van der Waals surface area contributed by atoms with Crippen LogP contribution in [0, 0.1) is 0 Å². The quantitative estimate of drug-likeness (QED) is 0.471. The van der Waals surface area contributed by atoms with E-state index in [9.17, 15) is 0 Å². The Morgan fingerprint density at radius 2 is 1.10 bits per heavy atom. The Labute approximate surface area is 65.4 Å². The maximum Gasteiger partial charge on any atom is 0.594 e. The van der Waals surface area contributed by atoms with Crippen LogP contribution in [0.3, 0.4) is 0 Å². The normalized spacial score (nSPS) is 9.90. The summed E-state index contributed by atoms with van der Waals surface area (Å²) in [5.41, 5.74) is 0. The first-order valence-corrected chi connectivity index (χ1v) is 5.43. The zero-order chi connectivity index (χ0) is 7.82. The van der Waals surface area contributed by atoms with Crippen LogP contribution in [-0.4, -0.2) is 28.9 Å². The van der Waals surface area contributed by atoms with Gasteiger partial charge in [0, 0.05) is 19.6 Å². The van der Waals surface area contributed by atoms with Crippen molar-refractivity contribution in [1.82, 2.24) is 14.9 Å². The Balaban J connectivity index is 3.30. The Hall–Kier alpha value is 0.0969. The molecule has 10 heavy (non-hydrogen) atoms. The number of hydrogen-bond acceptors (Lipinski definition) is 3. The van der Waals surface area contributed by atoms with Crippen LogP contribution in [0.15, 0.2) is 0 Å². The first kappa shape index (κ1) is 10.1. The molecular formula is C6H18N3Si+. The molecule has 3 nitrogen and oxygen atoms in total. The number of rotatable bonds is 6. The molecule has 4 heteroatoms. The van der Waals surface area contributed by atoms with Gasteiger partial charge in [0.2, 0.25) is 0 Å². The van der Waals surface area contributed by atoms with Crippen LogP contribution in [-0.2, 0) is 0 Å². The van der Waals surface area contributed by atoms with Crippen LogP contribution >= 0.6 is 0 Å². The lowest BCUT2D eigenvalue weighted by molar-refractivity contribution is 0.820. The van der Waals surface area contributed by atoms with E-state index < -0.39 is 9.28 Å². The second-order valence-corrected chi connectivity index (χ2v) is 3.78. The molecule has 0 heterocycles. The molecule has 0 rings (SSSR count). The maximum atomic E-state index is 3.36. The van der Waals surface area contributed by atoms with Gasteiger partial charge in [-0.1, -0.05) is 0 Å². The monoisotopic (exact) mass is 160 g/mol. The summed E-state index contributed by atoms with van der Waals surface area (Å²) >= 11 is 0. The van der Waals surface area contributed by atoms with E-state index in [4.69, 9.17) is 0 Å². The zero-order valence-electron chi connectivity index (χ0n) is 7.12. The van der Waals surface area contributed by atoms with Gasteiger partial charge in [0.25, 0.3) is 0 Å². The zero-order valence-corrected chi connectivity index (χ0v) is 8.12. The molecule has 0 saturated heterocycles. The lowest BCUT2D eigenvalue weighted by Crippen LogP contribution is -2.57. The Morgan fingerprint density at radius 1 is 0.800 bits per heavy atom. The van der Waals surface area contributed by atoms with Crippen molar-refractivity contribution in [2.75, 3.05) is 19.6 Å². The maximum absolute atomic E-state index is 3.36. The van der Waals surface area contributed by atoms with Crippen molar-refractivity contribution < 1.29 is 0 Å². The summed E-state index contributed by atoms with van der Waals surface area (Å²) in [5.74, 6) is 0. The van der Waals surface area contributed by atoms with E-state index in [0.717, 1.165) is 19.6 Å². The van der Waals surface area contributed by atoms with Gasteiger partial charge in [0.1, 0.15) is 0 Å². The molecule has 3 N–H and O–H groups in total. The highest BCUT2D eigenvalue weighted by Gasteiger charge is 2.24. The fourth-order valence-electron chi connectivity index (χ4n) is 0.718. The van der Waals surface area contributed by atoms with Crippen molar-refractivity contribution in [2.45, 2.75) is 20.8 Å².